The number of hydrogen-bond donors (Lipinski definition) is 1. The van der Waals surface area contributed by atoms with Gasteiger partial charge in [-0.1, -0.05) is 6.92 Å². The first-order valence-electron chi connectivity index (χ1n) is 7.09. The first-order valence-corrected chi connectivity index (χ1v) is 7.09. The summed E-state index contributed by atoms with van der Waals surface area (Å²) in [6, 6.07) is 3.68. The van der Waals surface area contributed by atoms with Crippen LogP contribution in [0, 0.1) is 5.82 Å². The molecule has 0 saturated heterocycles. The average molecular weight is 306 g/mol. The highest BCUT2D eigenvalue weighted by molar-refractivity contribution is 5.94. The summed E-state index contributed by atoms with van der Waals surface area (Å²) in [6.45, 7) is 4.61. The minimum atomic E-state index is -0.505. The van der Waals surface area contributed by atoms with Gasteiger partial charge in [0.1, 0.15) is 12.2 Å². The van der Waals surface area contributed by atoms with Crippen LogP contribution in [0.1, 0.15) is 42.5 Å². The van der Waals surface area contributed by atoms with Gasteiger partial charge in [0.25, 0.3) is 5.91 Å². The summed E-state index contributed by atoms with van der Waals surface area (Å²) in [5.74, 6) is -0.106. The Bertz CT molecular complexity index is 657. The van der Waals surface area contributed by atoms with E-state index in [2.05, 4.69) is 15.4 Å². The number of ether oxygens (including phenoxy) is 1. The van der Waals surface area contributed by atoms with Crippen LogP contribution in [0.2, 0.25) is 0 Å². The topological polar surface area (TPSA) is 69.0 Å². The zero-order valence-corrected chi connectivity index (χ0v) is 12.8. The molecule has 0 aliphatic heterocycles. The lowest BCUT2D eigenvalue weighted by Gasteiger charge is -2.14. The Kier molecular flexibility index (Phi) is 5.08. The Morgan fingerprint density at radius 2 is 2.27 bits per heavy atom. The molecule has 0 aliphatic rings. The van der Waals surface area contributed by atoms with Crippen molar-refractivity contribution in [2.24, 2.45) is 0 Å². The van der Waals surface area contributed by atoms with Crippen LogP contribution >= 0.6 is 0 Å². The van der Waals surface area contributed by atoms with Crippen LogP contribution in [-0.4, -0.2) is 27.8 Å². The molecule has 1 heterocycles. The molecule has 118 valence electrons. The summed E-state index contributed by atoms with van der Waals surface area (Å²) in [4.78, 5) is 16.4. The van der Waals surface area contributed by atoms with Crippen LogP contribution in [0.3, 0.4) is 0 Å². The minimum absolute atomic E-state index is 0.0365. The third kappa shape index (κ3) is 3.41. The van der Waals surface area contributed by atoms with Crippen molar-refractivity contribution in [2.75, 3.05) is 7.11 Å². The van der Waals surface area contributed by atoms with Crippen molar-refractivity contribution in [2.45, 2.75) is 32.9 Å². The Morgan fingerprint density at radius 3 is 2.95 bits per heavy atom. The van der Waals surface area contributed by atoms with Crippen molar-refractivity contribution >= 4 is 5.91 Å². The molecule has 0 aliphatic carbocycles. The van der Waals surface area contributed by atoms with E-state index in [1.54, 1.807) is 4.68 Å². The zero-order valence-electron chi connectivity index (χ0n) is 12.8. The number of halogens is 1. The molecule has 1 N–H and O–H groups in total. The minimum Gasteiger partial charge on any atom is -0.494 e. The van der Waals surface area contributed by atoms with Gasteiger partial charge in [0.15, 0.2) is 11.6 Å². The molecule has 1 aromatic carbocycles. The summed E-state index contributed by atoms with van der Waals surface area (Å²) >= 11 is 0. The lowest BCUT2D eigenvalue weighted by Crippen LogP contribution is -2.29. The van der Waals surface area contributed by atoms with E-state index in [4.69, 9.17) is 4.74 Å². The van der Waals surface area contributed by atoms with E-state index in [0.29, 0.717) is 11.4 Å². The van der Waals surface area contributed by atoms with E-state index in [9.17, 15) is 9.18 Å². The molecule has 0 radical (unpaired) electrons. The summed E-state index contributed by atoms with van der Waals surface area (Å²) in [5, 5.41) is 6.96. The van der Waals surface area contributed by atoms with Crippen LogP contribution in [0.25, 0.3) is 0 Å². The number of carbonyl (C=O) groups is 1. The van der Waals surface area contributed by atoms with E-state index in [-0.39, 0.29) is 17.7 Å². The number of amides is 1. The Hall–Kier alpha value is -2.44. The predicted molar refractivity (Wildman–Crippen MR) is 79.1 cm³/mol. The Labute approximate surface area is 128 Å². The van der Waals surface area contributed by atoms with Crippen LogP contribution in [-0.2, 0) is 6.54 Å². The number of aryl methyl sites for hydroxylation is 1. The van der Waals surface area contributed by atoms with Gasteiger partial charge in [0.05, 0.1) is 13.2 Å². The van der Waals surface area contributed by atoms with Crippen LogP contribution in [0.4, 0.5) is 4.39 Å². The van der Waals surface area contributed by atoms with Gasteiger partial charge in [-0.15, -0.1) is 0 Å². The molecule has 2 rings (SSSR count). The normalized spacial score (nSPS) is 12.0. The van der Waals surface area contributed by atoms with Crippen molar-refractivity contribution in [1.82, 2.24) is 20.1 Å². The first kappa shape index (κ1) is 15.9. The molecule has 0 bridgehead atoms. The fraction of sp³-hybridized carbons (Fsp3) is 0.400. The summed E-state index contributed by atoms with van der Waals surface area (Å²) in [7, 11) is 1.36. The van der Waals surface area contributed by atoms with Crippen molar-refractivity contribution in [3.8, 4) is 5.75 Å². The van der Waals surface area contributed by atoms with Gasteiger partial charge in [-0.2, -0.15) is 5.10 Å². The number of carbonyl (C=O) groups excluding carboxylic acids is 1. The third-order valence-corrected chi connectivity index (χ3v) is 3.23. The SMILES string of the molecule is CCCn1ncnc1C(C)NC(=O)c1ccc(F)c(OC)c1. The lowest BCUT2D eigenvalue weighted by atomic mass is 10.1. The molecule has 0 fully saturated rings. The third-order valence-electron chi connectivity index (χ3n) is 3.23. The number of aromatic nitrogens is 3. The van der Waals surface area contributed by atoms with Gasteiger partial charge in [0, 0.05) is 12.1 Å². The van der Waals surface area contributed by atoms with E-state index >= 15 is 0 Å². The smallest absolute Gasteiger partial charge is 0.251 e. The van der Waals surface area contributed by atoms with Gasteiger partial charge in [-0.3, -0.25) is 4.79 Å². The number of rotatable bonds is 6. The van der Waals surface area contributed by atoms with Gasteiger partial charge >= 0.3 is 0 Å². The molecule has 1 atom stereocenters. The quantitative estimate of drug-likeness (QED) is 0.889. The maximum Gasteiger partial charge on any atom is 0.251 e. The highest BCUT2D eigenvalue weighted by atomic mass is 19.1. The van der Waals surface area contributed by atoms with Gasteiger partial charge < -0.3 is 10.1 Å². The summed E-state index contributed by atoms with van der Waals surface area (Å²) < 4.78 is 20.0. The van der Waals surface area contributed by atoms with Crippen molar-refractivity contribution in [1.29, 1.82) is 0 Å². The maximum atomic E-state index is 13.4. The second-order valence-corrected chi connectivity index (χ2v) is 4.89. The van der Waals surface area contributed by atoms with Crippen molar-refractivity contribution in [3.63, 3.8) is 0 Å². The summed E-state index contributed by atoms with van der Waals surface area (Å²) in [6.07, 6.45) is 2.39. The number of nitrogens with one attached hydrogen (secondary N) is 1. The Balaban J connectivity index is 2.12. The molecule has 1 aromatic heterocycles. The van der Waals surface area contributed by atoms with E-state index in [1.165, 1.54) is 31.6 Å². The second kappa shape index (κ2) is 7.02. The zero-order chi connectivity index (χ0) is 16.1. The molecule has 1 unspecified atom stereocenters. The maximum absolute atomic E-state index is 13.4. The second-order valence-electron chi connectivity index (χ2n) is 4.89. The van der Waals surface area contributed by atoms with Crippen LogP contribution < -0.4 is 10.1 Å². The number of methoxy groups -OCH3 is 1. The monoisotopic (exact) mass is 306 g/mol. The molecule has 22 heavy (non-hydrogen) atoms. The number of benzene rings is 1. The van der Waals surface area contributed by atoms with Gasteiger partial charge in [0.2, 0.25) is 0 Å². The Morgan fingerprint density at radius 1 is 1.50 bits per heavy atom. The van der Waals surface area contributed by atoms with Crippen LogP contribution in [0.5, 0.6) is 5.75 Å². The van der Waals surface area contributed by atoms with Gasteiger partial charge in [-0.25, -0.2) is 14.1 Å². The molecule has 0 spiro atoms. The van der Waals surface area contributed by atoms with Crippen molar-refractivity contribution < 1.29 is 13.9 Å². The predicted octanol–water partition coefficient (Wildman–Crippen LogP) is 2.33. The largest absolute Gasteiger partial charge is 0.494 e. The molecule has 6 nitrogen and oxygen atoms in total. The van der Waals surface area contributed by atoms with E-state index in [1.807, 2.05) is 13.8 Å². The lowest BCUT2D eigenvalue weighted by molar-refractivity contribution is 0.0937. The highest BCUT2D eigenvalue weighted by Crippen LogP contribution is 2.19. The number of nitrogens with zero attached hydrogens (tertiary/aromatic N) is 3. The molecule has 1 amide bonds. The summed E-state index contributed by atoms with van der Waals surface area (Å²) in [5.41, 5.74) is 0.326. The molecular formula is C15H19FN4O2. The molecule has 0 saturated carbocycles. The van der Waals surface area contributed by atoms with Crippen LogP contribution in [0.15, 0.2) is 24.5 Å². The molecule has 2 aromatic rings. The molecular weight excluding hydrogens is 287 g/mol. The first-order chi connectivity index (χ1) is 10.6. The fourth-order valence-corrected chi connectivity index (χ4v) is 2.14. The standard InChI is InChI=1S/C15H19FN4O2/c1-4-7-20-14(17-9-18-20)10(2)19-15(21)11-5-6-12(16)13(8-11)22-3/h5-6,8-10H,4,7H2,1-3H3,(H,19,21). The van der Waals surface area contributed by atoms with E-state index in [0.717, 1.165) is 13.0 Å². The van der Waals surface area contributed by atoms with E-state index < -0.39 is 5.82 Å². The van der Waals surface area contributed by atoms with Gasteiger partial charge in [-0.05, 0) is 31.5 Å². The highest BCUT2D eigenvalue weighted by Gasteiger charge is 2.17. The van der Waals surface area contributed by atoms with Crippen molar-refractivity contribution in [3.05, 3.63) is 41.7 Å². The average Bonchev–Trinajstić information content (AvgIpc) is 2.96. The number of hydrogen-bond acceptors (Lipinski definition) is 4. The molecule has 7 heteroatoms. The fourth-order valence-electron chi connectivity index (χ4n) is 2.14.